The number of carbonyl (C=O) groups excluding carboxylic acids is 1. The Bertz CT molecular complexity index is 1520. The highest BCUT2D eigenvalue weighted by Gasteiger charge is 2.41. The Morgan fingerprint density at radius 2 is 1.91 bits per heavy atom. The molecule has 2 aromatic heterocycles. The SMILES string of the molecule is CC(C)c1nc(C(=O)N2CCOC3(CCN(CCCCCCC(C)(C)CCNCC(O)c4ccc(O)c5[nH]c(=O)sc45)CC3)C2)cs1. The number of likely N-dealkylation sites (tertiary alicyclic amines) is 1. The van der Waals surface area contributed by atoms with Gasteiger partial charge in [-0.3, -0.25) is 9.59 Å². The van der Waals surface area contributed by atoms with Gasteiger partial charge in [0.1, 0.15) is 17.0 Å². The molecule has 1 spiro atoms. The molecule has 12 heteroatoms. The molecule has 1 aromatic carbocycles. The van der Waals surface area contributed by atoms with Gasteiger partial charge in [-0.1, -0.05) is 64.4 Å². The number of carbonyl (C=O) groups is 1. The Labute approximate surface area is 286 Å². The van der Waals surface area contributed by atoms with E-state index in [4.69, 9.17) is 4.74 Å². The highest BCUT2D eigenvalue weighted by Crippen LogP contribution is 2.33. The summed E-state index contributed by atoms with van der Waals surface area (Å²) in [6.07, 6.45) is 8.27. The Morgan fingerprint density at radius 3 is 2.66 bits per heavy atom. The molecule has 2 saturated heterocycles. The predicted octanol–water partition coefficient (Wildman–Crippen LogP) is 5.87. The van der Waals surface area contributed by atoms with Crippen molar-refractivity contribution >= 4 is 38.8 Å². The number of fused-ring (bicyclic) bond motifs is 1. The third kappa shape index (κ3) is 9.42. The van der Waals surface area contributed by atoms with E-state index in [-0.39, 0.29) is 27.5 Å². The normalized spacial score (nSPS) is 18.0. The van der Waals surface area contributed by atoms with Crippen LogP contribution in [0.25, 0.3) is 10.2 Å². The van der Waals surface area contributed by atoms with Crippen molar-refractivity contribution in [3.63, 3.8) is 0 Å². The summed E-state index contributed by atoms with van der Waals surface area (Å²) in [7, 11) is 0. The number of nitrogens with zero attached hydrogens (tertiary/aromatic N) is 3. The molecule has 5 rings (SSSR count). The lowest BCUT2D eigenvalue weighted by Crippen LogP contribution is -2.58. The highest BCUT2D eigenvalue weighted by molar-refractivity contribution is 7.16. The number of hydrogen-bond donors (Lipinski definition) is 4. The largest absolute Gasteiger partial charge is 0.506 e. The number of phenols is 1. The number of phenolic OH excluding ortho intramolecular Hbond substituents is 1. The fraction of sp³-hybridized carbons (Fsp3) is 0.686. The number of aliphatic hydroxyl groups excluding tert-OH is 1. The minimum absolute atomic E-state index is 0.0218. The maximum absolute atomic E-state index is 13.2. The van der Waals surface area contributed by atoms with E-state index in [9.17, 15) is 19.8 Å². The van der Waals surface area contributed by atoms with Crippen molar-refractivity contribution in [2.75, 3.05) is 52.4 Å². The zero-order valence-electron chi connectivity index (χ0n) is 28.5. The number of aliphatic hydroxyl groups is 1. The van der Waals surface area contributed by atoms with E-state index in [1.807, 2.05) is 10.3 Å². The van der Waals surface area contributed by atoms with Crippen LogP contribution >= 0.6 is 22.7 Å². The first kappa shape index (κ1) is 35.9. The van der Waals surface area contributed by atoms with Crippen molar-refractivity contribution in [2.45, 2.75) is 96.7 Å². The number of piperidine rings is 1. The number of benzene rings is 1. The molecule has 1 amide bonds. The number of aromatic amines is 1. The van der Waals surface area contributed by atoms with Gasteiger partial charge < -0.3 is 35.1 Å². The average Bonchev–Trinajstić information content (AvgIpc) is 3.70. The molecule has 47 heavy (non-hydrogen) atoms. The molecule has 0 aliphatic carbocycles. The number of nitrogens with one attached hydrogen (secondary N) is 2. The first-order chi connectivity index (χ1) is 22.5. The molecule has 4 N–H and O–H groups in total. The summed E-state index contributed by atoms with van der Waals surface area (Å²) in [5.41, 5.74) is 1.63. The van der Waals surface area contributed by atoms with Crippen LogP contribution in [0, 0.1) is 5.41 Å². The van der Waals surface area contributed by atoms with E-state index in [2.05, 4.69) is 47.9 Å². The standard InChI is InChI=1S/C35H53N5O5S2/c1-24(2)31-37-26(22-46-31)32(43)40-19-20-45-35(23-40)13-17-39(18-14-35)16-8-6-5-7-11-34(3,4)12-15-36-21-28(42)25-9-10-27(41)29-30(25)47-33(44)38-29/h9-10,22,24,28,36,41-42H,5-8,11-21,23H2,1-4H3,(H,38,44). The maximum Gasteiger partial charge on any atom is 0.305 e. The molecule has 1 unspecified atom stereocenters. The number of thiazole rings is 2. The molecule has 2 aliphatic rings. The van der Waals surface area contributed by atoms with Gasteiger partial charge in [-0.25, -0.2) is 4.98 Å². The molecule has 0 saturated carbocycles. The quantitative estimate of drug-likeness (QED) is 0.146. The van der Waals surface area contributed by atoms with Crippen LogP contribution in [-0.4, -0.2) is 93.9 Å². The van der Waals surface area contributed by atoms with E-state index in [0.29, 0.717) is 53.6 Å². The molecule has 10 nitrogen and oxygen atoms in total. The molecular weight excluding hydrogens is 635 g/mol. The van der Waals surface area contributed by atoms with Gasteiger partial charge >= 0.3 is 4.87 Å². The number of aromatic nitrogens is 2. The summed E-state index contributed by atoms with van der Waals surface area (Å²) in [6, 6.07) is 3.21. The fourth-order valence-electron chi connectivity index (χ4n) is 6.81. The minimum atomic E-state index is -0.751. The zero-order valence-corrected chi connectivity index (χ0v) is 30.1. The van der Waals surface area contributed by atoms with Gasteiger partial charge in [0.2, 0.25) is 0 Å². The third-order valence-corrected chi connectivity index (χ3v) is 12.0. The Hall–Kier alpha value is -2.35. The van der Waals surface area contributed by atoms with Crippen LogP contribution in [-0.2, 0) is 4.74 Å². The van der Waals surface area contributed by atoms with Crippen molar-refractivity contribution in [3.05, 3.63) is 43.4 Å². The lowest BCUT2D eigenvalue weighted by molar-refractivity contribution is -0.127. The second-order valence-electron chi connectivity index (χ2n) is 14.5. The Kier molecular flexibility index (Phi) is 12.2. The van der Waals surface area contributed by atoms with Gasteiger partial charge in [-0.05, 0) is 56.7 Å². The molecule has 260 valence electrons. The highest BCUT2D eigenvalue weighted by atomic mass is 32.1. The van der Waals surface area contributed by atoms with Crippen molar-refractivity contribution in [1.82, 2.24) is 25.1 Å². The van der Waals surface area contributed by atoms with Gasteiger partial charge in [0, 0.05) is 43.0 Å². The smallest absolute Gasteiger partial charge is 0.305 e. The van der Waals surface area contributed by atoms with Crippen LogP contribution in [0.2, 0.25) is 0 Å². The van der Waals surface area contributed by atoms with E-state index in [1.165, 1.54) is 38.2 Å². The lowest BCUT2D eigenvalue weighted by atomic mass is 9.83. The molecule has 2 aliphatic heterocycles. The fourth-order valence-corrected chi connectivity index (χ4v) is 8.54. The monoisotopic (exact) mass is 687 g/mol. The Balaban J connectivity index is 0.933. The first-order valence-corrected chi connectivity index (χ1v) is 19.0. The molecule has 4 heterocycles. The number of unbranched alkanes of at least 4 members (excludes halogenated alkanes) is 3. The zero-order chi connectivity index (χ0) is 33.6. The van der Waals surface area contributed by atoms with Crippen LogP contribution in [0.15, 0.2) is 22.3 Å². The molecular formula is C35H53N5O5S2. The van der Waals surface area contributed by atoms with Crippen LogP contribution in [0.4, 0.5) is 0 Å². The van der Waals surface area contributed by atoms with Crippen molar-refractivity contribution in [3.8, 4) is 5.75 Å². The third-order valence-electron chi connectivity index (χ3n) is 9.88. The number of amides is 1. The predicted molar refractivity (Wildman–Crippen MR) is 190 cm³/mol. The Morgan fingerprint density at radius 1 is 1.15 bits per heavy atom. The molecule has 2 fully saturated rings. The van der Waals surface area contributed by atoms with Crippen molar-refractivity contribution in [1.29, 1.82) is 0 Å². The van der Waals surface area contributed by atoms with Gasteiger partial charge in [0.25, 0.3) is 5.91 Å². The van der Waals surface area contributed by atoms with E-state index < -0.39 is 6.10 Å². The molecule has 0 bridgehead atoms. The van der Waals surface area contributed by atoms with Crippen molar-refractivity contribution in [2.24, 2.45) is 5.41 Å². The van der Waals surface area contributed by atoms with E-state index >= 15 is 0 Å². The number of ether oxygens (including phenoxy) is 1. The van der Waals surface area contributed by atoms with E-state index in [0.717, 1.165) is 61.8 Å². The molecule has 3 aromatic rings. The summed E-state index contributed by atoms with van der Waals surface area (Å²) >= 11 is 2.59. The number of hydrogen-bond acceptors (Lipinski definition) is 10. The molecule has 1 atom stereocenters. The first-order valence-electron chi connectivity index (χ1n) is 17.3. The number of rotatable bonds is 15. The summed E-state index contributed by atoms with van der Waals surface area (Å²) < 4.78 is 6.93. The second-order valence-corrected chi connectivity index (χ2v) is 16.4. The van der Waals surface area contributed by atoms with Gasteiger partial charge in [-0.15, -0.1) is 11.3 Å². The number of morpholine rings is 1. The topological polar surface area (TPSA) is 131 Å². The van der Waals surface area contributed by atoms with Crippen LogP contribution in [0.3, 0.4) is 0 Å². The summed E-state index contributed by atoms with van der Waals surface area (Å²) in [6.45, 7) is 15.1. The van der Waals surface area contributed by atoms with Crippen LogP contribution < -0.4 is 10.2 Å². The van der Waals surface area contributed by atoms with Crippen molar-refractivity contribution < 1.29 is 19.7 Å². The summed E-state index contributed by atoms with van der Waals surface area (Å²) in [5.74, 6) is 0.401. The average molecular weight is 688 g/mol. The molecule has 0 radical (unpaired) electrons. The summed E-state index contributed by atoms with van der Waals surface area (Å²) in [5, 5.41) is 27.0. The van der Waals surface area contributed by atoms with Gasteiger partial charge in [0.15, 0.2) is 0 Å². The minimum Gasteiger partial charge on any atom is -0.506 e. The van der Waals surface area contributed by atoms with Crippen LogP contribution in [0.5, 0.6) is 5.75 Å². The van der Waals surface area contributed by atoms with Gasteiger partial charge in [0.05, 0.1) is 34.6 Å². The number of aromatic hydroxyl groups is 1. The lowest BCUT2D eigenvalue weighted by Gasteiger charge is -2.47. The second kappa shape index (κ2) is 15.9. The van der Waals surface area contributed by atoms with E-state index in [1.54, 1.807) is 17.4 Å². The number of H-pyrrole nitrogens is 1. The van der Waals surface area contributed by atoms with Gasteiger partial charge in [-0.2, -0.15) is 0 Å². The summed E-state index contributed by atoms with van der Waals surface area (Å²) in [4.78, 5) is 36.5. The van der Waals surface area contributed by atoms with Crippen LogP contribution in [0.1, 0.15) is 112 Å². The maximum atomic E-state index is 13.2.